The molecule has 2 N–H and O–H groups in total. The van der Waals surface area contributed by atoms with Gasteiger partial charge in [-0.3, -0.25) is 4.98 Å². The summed E-state index contributed by atoms with van der Waals surface area (Å²) < 4.78 is 40.4. The largest absolute Gasteiger partial charge is 0.573 e. The van der Waals surface area contributed by atoms with E-state index >= 15 is 0 Å². The number of hydrogen-bond acceptors (Lipinski definition) is 3. The maximum absolute atomic E-state index is 12.2. The Bertz CT molecular complexity index is 599. The molecule has 0 aliphatic heterocycles. The lowest BCUT2D eigenvalue weighted by Gasteiger charge is -2.14. The number of rotatable bonds is 3. The van der Waals surface area contributed by atoms with Crippen LogP contribution >= 0.6 is 0 Å². The van der Waals surface area contributed by atoms with Crippen molar-refractivity contribution in [1.29, 1.82) is 0 Å². The van der Waals surface area contributed by atoms with E-state index in [-0.39, 0.29) is 5.75 Å². The van der Waals surface area contributed by atoms with E-state index in [1.165, 1.54) is 18.2 Å². The molecule has 0 saturated carbocycles. The second kappa shape index (κ2) is 5.50. The van der Waals surface area contributed by atoms with E-state index in [4.69, 9.17) is 5.73 Å². The van der Waals surface area contributed by atoms with Crippen LogP contribution in [-0.2, 0) is 0 Å². The number of nitrogens with zero attached hydrogens (tertiary/aromatic N) is 1. The molecule has 0 spiro atoms. The van der Waals surface area contributed by atoms with E-state index < -0.39 is 12.4 Å². The number of benzene rings is 1. The summed E-state index contributed by atoms with van der Waals surface area (Å²) in [6.45, 7) is 1.89. The van der Waals surface area contributed by atoms with Crippen molar-refractivity contribution in [3.8, 4) is 5.75 Å². The second-order valence-corrected chi connectivity index (χ2v) is 4.36. The molecule has 0 radical (unpaired) electrons. The van der Waals surface area contributed by atoms with Gasteiger partial charge in [0.25, 0.3) is 0 Å². The van der Waals surface area contributed by atoms with Crippen molar-refractivity contribution < 1.29 is 17.9 Å². The van der Waals surface area contributed by atoms with Crippen molar-refractivity contribution in [2.75, 3.05) is 0 Å². The van der Waals surface area contributed by atoms with Gasteiger partial charge in [0, 0.05) is 6.20 Å². The van der Waals surface area contributed by atoms with Crippen molar-refractivity contribution in [3.63, 3.8) is 0 Å². The van der Waals surface area contributed by atoms with Gasteiger partial charge < -0.3 is 10.5 Å². The van der Waals surface area contributed by atoms with E-state index in [2.05, 4.69) is 9.72 Å². The molecule has 1 aromatic carbocycles. The number of aryl methyl sites for hydroxylation is 1. The van der Waals surface area contributed by atoms with Crippen molar-refractivity contribution in [2.24, 2.45) is 5.73 Å². The van der Waals surface area contributed by atoms with Crippen LogP contribution in [0.15, 0.2) is 42.6 Å². The van der Waals surface area contributed by atoms with Crippen LogP contribution in [0.25, 0.3) is 0 Å². The van der Waals surface area contributed by atoms with Crippen LogP contribution in [0.2, 0.25) is 0 Å². The summed E-state index contributed by atoms with van der Waals surface area (Å²) in [4.78, 5) is 4.13. The lowest BCUT2D eigenvalue weighted by Crippen LogP contribution is -2.18. The van der Waals surface area contributed by atoms with E-state index in [0.29, 0.717) is 11.3 Å². The molecule has 1 aromatic heterocycles. The van der Waals surface area contributed by atoms with Crippen LogP contribution in [-0.4, -0.2) is 11.3 Å². The fourth-order valence-corrected chi connectivity index (χ4v) is 1.81. The van der Waals surface area contributed by atoms with E-state index in [1.807, 2.05) is 13.0 Å². The number of nitrogens with two attached hydrogens (primary N) is 1. The minimum Gasteiger partial charge on any atom is -0.406 e. The van der Waals surface area contributed by atoms with E-state index in [1.54, 1.807) is 18.3 Å². The van der Waals surface area contributed by atoms with Gasteiger partial charge in [0.2, 0.25) is 0 Å². The molecule has 2 rings (SSSR count). The summed E-state index contributed by atoms with van der Waals surface area (Å²) in [6, 6.07) is 8.60. The minimum atomic E-state index is -4.72. The molecule has 106 valence electrons. The van der Waals surface area contributed by atoms with Gasteiger partial charge in [-0.05, 0) is 42.3 Å². The average Bonchev–Trinajstić information content (AvgIpc) is 2.36. The predicted molar refractivity (Wildman–Crippen MR) is 68.1 cm³/mol. The molecule has 0 fully saturated rings. The Morgan fingerprint density at radius 2 is 1.95 bits per heavy atom. The Kier molecular flexibility index (Phi) is 3.94. The van der Waals surface area contributed by atoms with Crippen LogP contribution < -0.4 is 10.5 Å². The summed E-state index contributed by atoms with van der Waals surface area (Å²) in [5.41, 5.74) is 8.09. The fraction of sp³-hybridized carbons (Fsp3) is 0.214. The molecule has 1 atom stereocenters. The molecule has 1 unspecified atom stereocenters. The molecular formula is C14H13F3N2O. The van der Waals surface area contributed by atoms with Crippen molar-refractivity contribution in [3.05, 3.63) is 59.4 Å². The minimum absolute atomic E-state index is 0.293. The standard InChI is InChI=1S/C14H13F3N2O/c1-9-5-6-19-12(7-9)13(18)10-3-2-4-11(8-10)20-14(15,16)17/h2-8,13H,18H2,1H3. The smallest absolute Gasteiger partial charge is 0.406 e. The Morgan fingerprint density at radius 3 is 2.60 bits per heavy atom. The van der Waals surface area contributed by atoms with Crippen molar-refractivity contribution in [2.45, 2.75) is 19.3 Å². The molecule has 0 aliphatic carbocycles. The number of alkyl halides is 3. The number of halogens is 3. The summed E-state index contributed by atoms with van der Waals surface area (Å²) in [5, 5.41) is 0. The zero-order valence-corrected chi connectivity index (χ0v) is 10.7. The molecule has 20 heavy (non-hydrogen) atoms. The summed E-state index contributed by atoms with van der Waals surface area (Å²) in [7, 11) is 0. The van der Waals surface area contributed by atoms with Gasteiger partial charge in [-0.2, -0.15) is 0 Å². The third-order valence-electron chi connectivity index (χ3n) is 2.71. The molecular weight excluding hydrogens is 269 g/mol. The van der Waals surface area contributed by atoms with Crippen LogP contribution in [0.5, 0.6) is 5.75 Å². The van der Waals surface area contributed by atoms with Crippen LogP contribution in [0.1, 0.15) is 22.9 Å². The molecule has 0 bridgehead atoms. The van der Waals surface area contributed by atoms with Gasteiger partial charge in [-0.25, -0.2) is 0 Å². The molecule has 0 aliphatic rings. The van der Waals surface area contributed by atoms with E-state index in [9.17, 15) is 13.2 Å². The van der Waals surface area contributed by atoms with Crippen molar-refractivity contribution in [1.82, 2.24) is 4.98 Å². The van der Waals surface area contributed by atoms with Gasteiger partial charge >= 0.3 is 6.36 Å². The zero-order valence-electron chi connectivity index (χ0n) is 10.7. The van der Waals surface area contributed by atoms with Gasteiger partial charge in [0.15, 0.2) is 0 Å². The lowest BCUT2D eigenvalue weighted by molar-refractivity contribution is -0.274. The first-order valence-corrected chi connectivity index (χ1v) is 5.89. The first-order chi connectivity index (χ1) is 9.35. The molecule has 1 heterocycles. The highest BCUT2D eigenvalue weighted by molar-refractivity contribution is 5.35. The Labute approximate surface area is 114 Å². The lowest BCUT2D eigenvalue weighted by atomic mass is 10.0. The first-order valence-electron chi connectivity index (χ1n) is 5.89. The first kappa shape index (κ1) is 14.3. The Hall–Kier alpha value is -2.08. The monoisotopic (exact) mass is 282 g/mol. The maximum atomic E-state index is 12.2. The number of hydrogen-bond donors (Lipinski definition) is 1. The van der Waals surface area contributed by atoms with Gasteiger partial charge in [0.1, 0.15) is 5.75 Å². The fourth-order valence-electron chi connectivity index (χ4n) is 1.81. The highest BCUT2D eigenvalue weighted by Crippen LogP contribution is 2.26. The Balaban J connectivity index is 2.26. The second-order valence-electron chi connectivity index (χ2n) is 4.36. The van der Waals surface area contributed by atoms with Gasteiger partial charge in [-0.15, -0.1) is 13.2 Å². The maximum Gasteiger partial charge on any atom is 0.573 e. The quantitative estimate of drug-likeness (QED) is 0.939. The predicted octanol–water partition coefficient (Wildman–Crippen LogP) is 3.34. The highest BCUT2D eigenvalue weighted by Gasteiger charge is 2.31. The molecule has 3 nitrogen and oxygen atoms in total. The summed E-state index contributed by atoms with van der Waals surface area (Å²) in [5.74, 6) is -0.293. The third kappa shape index (κ3) is 3.71. The van der Waals surface area contributed by atoms with Crippen molar-refractivity contribution >= 4 is 0 Å². The number of aromatic nitrogens is 1. The zero-order chi connectivity index (χ0) is 14.8. The third-order valence-corrected chi connectivity index (χ3v) is 2.71. The molecule has 0 saturated heterocycles. The number of pyridine rings is 1. The number of ether oxygens (including phenoxy) is 1. The van der Waals surface area contributed by atoms with E-state index in [0.717, 1.165) is 5.56 Å². The molecule has 6 heteroatoms. The summed E-state index contributed by atoms with van der Waals surface area (Å²) in [6.07, 6.45) is -3.11. The summed E-state index contributed by atoms with van der Waals surface area (Å²) >= 11 is 0. The Morgan fingerprint density at radius 1 is 1.20 bits per heavy atom. The van der Waals surface area contributed by atoms with Crippen LogP contribution in [0.3, 0.4) is 0 Å². The van der Waals surface area contributed by atoms with Crippen LogP contribution in [0, 0.1) is 6.92 Å². The average molecular weight is 282 g/mol. The highest BCUT2D eigenvalue weighted by atomic mass is 19.4. The molecule has 2 aromatic rings. The van der Waals surface area contributed by atoms with Gasteiger partial charge in [-0.1, -0.05) is 12.1 Å². The van der Waals surface area contributed by atoms with Crippen LogP contribution in [0.4, 0.5) is 13.2 Å². The normalized spacial score (nSPS) is 13.1. The van der Waals surface area contributed by atoms with Gasteiger partial charge in [0.05, 0.1) is 11.7 Å². The topological polar surface area (TPSA) is 48.1 Å². The SMILES string of the molecule is Cc1ccnc(C(N)c2cccc(OC(F)(F)F)c2)c1. The molecule has 0 amide bonds.